The van der Waals surface area contributed by atoms with Gasteiger partial charge in [-0.25, -0.2) is 9.13 Å². The van der Waals surface area contributed by atoms with Gasteiger partial charge < -0.3 is 69.6 Å². The first-order valence-corrected chi connectivity index (χ1v) is 41.5. The monoisotopic (exact) mass is 1410 g/mol. The minimum atomic E-state index is -5.54. The van der Waals surface area contributed by atoms with E-state index in [0.717, 1.165) is 128 Å². The van der Waals surface area contributed by atoms with Crippen molar-refractivity contribution in [2.45, 2.75) is 417 Å². The molecule has 1 aliphatic heterocycles. The van der Waals surface area contributed by atoms with Crippen molar-refractivity contribution < 1.29 is 95.9 Å². The summed E-state index contributed by atoms with van der Waals surface area (Å²) in [5.41, 5.74) is 5.99. The van der Waals surface area contributed by atoms with Gasteiger partial charge in [-0.2, -0.15) is 0 Å². The molecule has 1 fully saturated rings. The quantitative estimate of drug-likeness (QED) is 0.0118. The Morgan fingerprint density at radius 2 is 0.844 bits per heavy atom. The summed E-state index contributed by atoms with van der Waals surface area (Å²) >= 11 is 0. The third-order valence-corrected chi connectivity index (χ3v) is 19.5. The van der Waals surface area contributed by atoms with Gasteiger partial charge in [-0.1, -0.05) is 279 Å². The molecule has 1 rings (SSSR count). The zero-order chi connectivity index (χ0) is 71.2. The van der Waals surface area contributed by atoms with Gasteiger partial charge in [0.15, 0.2) is 12.4 Å². The number of carbonyl (C=O) groups is 4. The van der Waals surface area contributed by atoms with Gasteiger partial charge >= 0.3 is 33.6 Å². The highest BCUT2D eigenvalue weighted by atomic mass is 31.2. The first-order valence-electron chi connectivity index (χ1n) is 38.4. The standard InChI is InChI=1S/C72H140N2O20P2/c1-7-12-16-20-24-28-30-34-38-42-46-51-63(77)89-58(49-44-40-36-32-26-22-18-14-9-3)53-62(76)74-67(60(48-11-5)88-56-61-68(80)69(81)66(73)72(91-61)94-96(85,86)87)71(70(57(6)55-75)93-95(82,83)84)92-65(79)54-59(50-45-41-37-33-27-23-19-15-10-4)90-64(78)52-47-43-39-35-31-29-25-21-17-13-8-2/h57-61,66-72,75,80-81H,7-56,73H2,1-6H3,(H,74,76)(H2,82,83,84)(H2,85,86,87)/t57?,58?,59?,60-,61?,66?,67?,68-,69?,70-,71?,72-/m1/s1. The molecule has 22 nitrogen and oxygen atoms in total. The topological polar surface area (TPSA) is 347 Å². The second kappa shape index (κ2) is 58.4. The smallest absolute Gasteiger partial charge is 0.462 e. The van der Waals surface area contributed by atoms with E-state index in [-0.39, 0.29) is 25.7 Å². The van der Waals surface area contributed by atoms with Gasteiger partial charge in [0.25, 0.3) is 0 Å². The van der Waals surface area contributed by atoms with E-state index in [9.17, 15) is 63.2 Å². The third kappa shape index (κ3) is 47.9. The van der Waals surface area contributed by atoms with Gasteiger partial charge in [-0.05, 0) is 44.9 Å². The Labute approximate surface area is 580 Å². The van der Waals surface area contributed by atoms with Crippen molar-refractivity contribution in [2.24, 2.45) is 11.7 Å². The summed E-state index contributed by atoms with van der Waals surface area (Å²) in [4.78, 5) is 97.7. The zero-order valence-electron chi connectivity index (χ0n) is 60.7. The molecule has 8 unspecified atom stereocenters. The van der Waals surface area contributed by atoms with E-state index in [1.54, 1.807) is 6.92 Å². The molecule has 0 saturated carbocycles. The lowest BCUT2D eigenvalue weighted by Gasteiger charge is -2.42. The molecular formula is C72H140N2O20P2. The maximum absolute atomic E-state index is 15.0. The number of hydrogen-bond donors (Lipinski definition) is 9. The lowest BCUT2D eigenvalue weighted by Crippen LogP contribution is -2.63. The fourth-order valence-electron chi connectivity index (χ4n) is 12.6. The Balaban J connectivity index is 3.86. The molecule has 0 aromatic carbocycles. The zero-order valence-corrected chi connectivity index (χ0v) is 62.5. The van der Waals surface area contributed by atoms with E-state index < -0.39 is 139 Å². The average molecular weight is 1420 g/mol. The van der Waals surface area contributed by atoms with Crippen molar-refractivity contribution in [2.75, 3.05) is 13.2 Å². The number of hydrogen-bond acceptors (Lipinski definition) is 17. The Kier molecular flexibility index (Phi) is 55.9. The second-order valence-corrected chi connectivity index (χ2v) is 29.9. The van der Waals surface area contributed by atoms with Crippen LogP contribution in [0, 0.1) is 5.92 Å². The number of unbranched alkanes of at least 4 members (excludes halogenated alkanes) is 36. The van der Waals surface area contributed by atoms with E-state index >= 15 is 0 Å². The number of ether oxygens (including phenoxy) is 5. The van der Waals surface area contributed by atoms with Crippen LogP contribution < -0.4 is 11.1 Å². The Bertz CT molecular complexity index is 2020. The fourth-order valence-corrected chi connectivity index (χ4v) is 13.7. The maximum atomic E-state index is 15.0. The van der Waals surface area contributed by atoms with Crippen molar-refractivity contribution in [3.63, 3.8) is 0 Å². The number of amides is 1. The molecule has 10 N–H and O–H groups in total. The highest BCUT2D eigenvalue weighted by Crippen LogP contribution is 2.43. The van der Waals surface area contributed by atoms with Crippen LogP contribution >= 0.6 is 15.6 Å². The minimum absolute atomic E-state index is 0.0177. The van der Waals surface area contributed by atoms with Crippen LogP contribution in [0.5, 0.6) is 0 Å². The largest absolute Gasteiger partial charge is 0.471 e. The van der Waals surface area contributed by atoms with Crippen molar-refractivity contribution in [1.29, 1.82) is 0 Å². The van der Waals surface area contributed by atoms with Gasteiger partial charge in [-0.15, -0.1) is 0 Å². The summed E-state index contributed by atoms with van der Waals surface area (Å²) in [5, 5.41) is 35.9. The summed E-state index contributed by atoms with van der Waals surface area (Å²) in [6.07, 6.45) is 28.2. The summed E-state index contributed by atoms with van der Waals surface area (Å²) < 4.78 is 66.0. The SMILES string of the molecule is CCCCCCCCCCCCCC(=O)OC(CCCCCCCCCCC)CC(=O)NC(C(OC(=O)CC(CCCCCCCCCCC)OC(=O)CCCCCCCCCCCCC)[C@H](OP(=O)(O)O)C(C)CO)[C@@H](CCC)OCC1O[C@H](OP(=O)(O)O)C(N)C(O)[C@@H]1O. The lowest BCUT2D eigenvalue weighted by atomic mass is 9.90. The minimum Gasteiger partial charge on any atom is -0.462 e. The number of phosphoric acid groups is 2. The molecule has 0 aromatic heterocycles. The molecule has 0 aromatic rings. The molecule has 0 bridgehead atoms. The van der Waals surface area contributed by atoms with E-state index in [0.29, 0.717) is 38.5 Å². The maximum Gasteiger partial charge on any atom is 0.471 e. The van der Waals surface area contributed by atoms with Crippen LogP contribution in [0.3, 0.4) is 0 Å². The highest BCUT2D eigenvalue weighted by molar-refractivity contribution is 7.46. The van der Waals surface area contributed by atoms with E-state index in [1.807, 2.05) is 0 Å². The van der Waals surface area contributed by atoms with Crippen LogP contribution in [0.25, 0.3) is 0 Å². The molecule has 0 aliphatic carbocycles. The van der Waals surface area contributed by atoms with E-state index in [2.05, 4.69) is 33.0 Å². The molecule has 568 valence electrons. The van der Waals surface area contributed by atoms with Gasteiger partial charge in [0, 0.05) is 25.4 Å². The normalized spacial score (nSPS) is 19.1. The molecule has 1 saturated heterocycles. The number of carbonyl (C=O) groups excluding carboxylic acids is 4. The number of nitrogens with one attached hydrogen (secondary N) is 1. The number of phosphoric ester groups is 2. The predicted molar refractivity (Wildman–Crippen MR) is 376 cm³/mol. The van der Waals surface area contributed by atoms with Crippen LogP contribution in [0.2, 0.25) is 0 Å². The Morgan fingerprint density at radius 1 is 0.469 bits per heavy atom. The molecule has 0 radical (unpaired) electrons. The molecule has 1 heterocycles. The predicted octanol–water partition coefficient (Wildman–Crippen LogP) is 15.4. The fraction of sp³-hybridized carbons (Fsp3) is 0.944. The van der Waals surface area contributed by atoms with Crippen molar-refractivity contribution in [3.8, 4) is 0 Å². The summed E-state index contributed by atoms with van der Waals surface area (Å²) in [5.74, 6) is -3.92. The molecule has 1 aliphatic rings. The molecule has 96 heavy (non-hydrogen) atoms. The molecular weight excluding hydrogens is 1270 g/mol. The van der Waals surface area contributed by atoms with Crippen molar-refractivity contribution in [1.82, 2.24) is 5.32 Å². The first kappa shape index (κ1) is 91.9. The summed E-state index contributed by atoms with van der Waals surface area (Å²) in [7, 11) is -10.8. The van der Waals surface area contributed by atoms with Gasteiger partial charge in [0.2, 0.25) is 5.91 Å². The number of esters is 3. The summed E-state index contributed by atoms with van der Waals surface area (Å²) in [6, 6.07) is -3.27. The summed E-state index contributed by atoms with van der Waals surface area (Å²) in [6.45, 7) is 10.4. The number of nitrogens with two attached hydrogens (primary N) is 1. The number of aliphatic hydroxyl groups is 3. The number of rotatable bonds is 66. The van der Waals surface area contributed by atoms with Crippen LogP contribution in [0.4, 0.5) is 0 Å². The molecule has 24 heteroatoms. The third-order valence-electron chi connectivity index (χ3n) is 18.5. The van der Waals surface area contributed by atoms with Crippen LogP contribution in [-0.2, 0) is 61.0 Å². The second-order valence-electron chi connectivity index (χ2n) is 27.6. The number of aliphatic hydroxyl groups excluding tert-OH is 3. The van der Waals surface area contributed by atoms with Crippen molar-refractivity contribution in [3.05, 3.63) is 0 Å². The molecule has 1 amide bonds. The van der Waals surface area contributed by atoms with Crippen LogP contribution in [0.15, 0.2) is 0 Å². The van der Waals surface area contributed by atoms with Crippen LogP contribution in [-0.4, -0.2) is 139 Å². The van der Waals surface area contributed by atoms with Gasteiger partial charge in [-0.3, -0.25) is 28.2 Å². The highest BCUT2D eigenvalue weighted by Gasteiger charge is 2.48. The molecule has 12 atom stereocenters. The molecule has 0 spiro atoms. The Morgan fingerprint density at radius 3 is 1.21 bits per heavy atom. The average Bonchev–Trinajstić information content (AvgIpc) is 0.814. The lowest BCUT2D eigenvalue weighted by molar-refractivity contribution is -0.250. The Hall–Kier alpha value is -2.14. The van der Waals surface area contributed by atoms with E-state index in [4.69, 9.17) is 38.5 Å². The first-order chi connectivity index (χ1) is 46.0. The van der Waals surface area contributed by atoms with Crippen LogP contribution in [0.1, 0.15) is 350 Å². The van der Waals surface area contributed by atoms with Gasteiger partial charge in [0.05, 0.1) is 37.6 Å². The van der Waals surface area contributed by atoms with Gasteiger partial charge in [0.1, 0.15) is 36.6 Å². The van der Waals surface area contributed by atoms with Crippen molar-refractivity contribution >= 4 is 39.5 Å². The van der Waals surface area contributed by atoms with E-state index in [1.165, 1.54) is 110 Å².